The third-order valence-electron chi connectivity index (χ3n) is 4.63. The van der Waals surface area contributed by atoms with E-state index in [0.717, 1.165) is 0 Å². The zero-order chi connectivity index (χ0) is 18.7. The van der Waals surface area contributed by atoms with E-state index in [4.69, 9.17) is 11.5 Å². The van der Waals surface area contributed by atoms with Crippen molar-refractivity contribution in [3.63, 3.8) is 0 Å². The first-order valence-corrected chi connectivity index (χ1v) is 7.07. The summed E-state index contributed by atoms with van der Waals surface area (Å²) in [5.41, 5.74) is 7.92. The molecule has 0 aromatic carbocycles. The van der Waals surface area contributed by atoms with Crippen LogP contribution < -0.4 is 11.5 Å². The van der Waals surface area contributed by atoms with Gasteiger partial charge in [-0.1, -0.05) is 0 Å². The van der Waals surface area contributed by atoms with Crippen molar-refractivity contribution in [2.24, 2.45) is 22.3 Å². The van der Waals surface area contributed by atoms with Crippen molar-refractivity contribution in [1.82, 2.24) is 0 Å². The zero-order valence-corrected chi connectivity index (χ0v) is 12.8. The fraction of sp³-hybridized carbons (Fsp3) is 0.571. The molecule has 10 heteroatoms. The molecule has 1 aliphatic rings. The lowest BCUT2D eigenvalue weighted by Crippen LogP contribution is -2.53. The van der Waals surface area contributed by atoms with Crippen LogP contribution in [0.3, 0.4) is 0 Å². The van der Waals surface area contributed by atoms with Crippen LogP contribution in [0, 0.1) is 10.8 Å². The minimum Gasteiger partial charge on any atom is -0.481 e. The van der Waals surface area contributed by atoms with Crippen LogP contribution in [0.15, 0.2) is 11.4 Å². The first-order valence-electron chi connectivity index (χ1n) is 7.07. The zero-order valence-electron chi connectivity index (χ0n) is 12.8. The number of hydrogen-bond acceptors (Lipinski definition) is 6. The molecule has 0 atom stereocenters. The molecule has 0 unspecified atom stereocenters. The van der Waals surface area contributed by atoms with Crippen LogP contribution in [0.5, 0.6) is 0 Å². The molecule has 0 radical (unpaired) electrons. The van der Waals surface area contributed by atoms with Gasteiger partial charge in [-0.2, -0.15) is 0 Å². The maximum Gasteiger partial charge on any atom is 0.304 e. The predicted octanol–water partition coefficient (Wildman–Crippen LogP) is -0.219. The maximum absolute atomic E-state index is 11.4. The maximum atomic E-state index is 11.4. The van der Waals surface area contributed by atoms with Crippen LogP contribution in [-0.2, 0) is 19.2 Å². The lowest BCUT2D eigenvalue weighted by atomic mass is 9.51. The van der Waals surface area contributed by atoms with E-state index in [0.29, 0.717) is 0 Å². The summed E-state index contributed by atoms with van der Waals surface area (Å²) in [6, 6.07) is 0. The van der Waals surface area contributed by atoms with E-state index in [1.165, 1.54) is 0 Å². The highest BCUT2D eigenvalue weighted by Gasteiger charge is 2.59. The largest absolute Gasteiger partial charge is 0.481 e. The van der Waals surface area contributed by atoms with Gasteiger partial charge in [0.1, 0.15) is 0 Å². The molecule has 8 N–H and O–H groups in total. The summed E-state index contributed by atoms with van der Waals surface area (Å²) in [5.74, 6) is -5.59. The minimum atomic E-state index is -1.90. The van der Waals surface area contributed by atoms with E-state index in [-0.39, 0.29) is 24.2 Å². The molecule has 0 fully saturated rings. The Labute approximate surface area is 136 Å². The molecular formula is C14H20N2O8. The predicted molar refractivity (Wildman–Crippen MR) is 78.5 cm³/mol. The Balaban J connectivity index is 3.71. The Kier molecular flexibility index (Phi) is 5.43. The summed E-state index contributed by atoms with van der Waals surface area (Å²) in [7, 11) is 0. The second-order valence-corrected chi connectivity index (χ2v) is 6.08. The minimum absolute atomic E-state index is 0.0592. The summed E-state index contributed by atoms with van der Waals surface area (Å²) < 4.78 is 0. The number of allylic oxidation sites excluding steroid dienone is 2. The van der Waals surface area contributed by atoms with E-state index in [9.17, 15) is 39.6 Å². The van der Waals surface area contributed by atoms with Crippen molar-refractivity contribution in [2.75, 3.05) is 0 Å². The van der Waals surface area contributed by atoms with Gasteiger partial charge in [0.15, 0.2) is 0 Å². The van der Waals surface area contributed by atoms with Gasteiger partial charge < -0.3 is 31.9 Å². The quantitative estimate of drug-likeness (QED) is 0.341. The van der Waals surface area contributed by atoms with Crippen LogP contribution in [0.25, 0.3) is 0 Å². The number of rotatable bonds is 8. The smallest absolute Gasteiger partial charge is 0.304 e. The van der Waals surface area contributed by atoms with Crippen LogP contribution >= 0.6 is 0 Å². The van der Waals surface area contributed by atoms with E-state index in [1.54, 1.807) is 0 Å². The fourth-order valence-electron chi connectivity index (χ4n) is 3.64. The fourth-order valence-corrected chi connectivity index (χ4v) is 3.64. The van der Waals surface area contributed by atoms with Crippen molar-refractivity contribution < 1.29 is 39.6 Å². The van der Waals surface area contributed by atoms with Crippen molar-refractivity contribution in [1.29, 1.82) is 0 Å². The topological polar surface area (TPSA) is 201 Å². The molecule has 0 aliphatic heterocycles. The molecule has 1 rings (SSSR count). The summed E-state index contributed by atoms with van der Waals surface area (Å²) in [5, 5.41) is 36.9. The number of carbonyl (C=O) groups is 4. The van der Waals surface area contributed by atoms with Crippen molar-refractivity contribution in [3.8, 4) is 0 Å². The molecule has 24 heavy (non-hydrogen) atoms. The molecule has 0 spiro atoms. The van der Waals surface area contributed by atoms with Gasteiger partial charge in [0.25, 0.3) is 0 Å². The Hall–Kier alpha value is -2.78. The second-order valence-electron chi connectivity index (χ2n) is 6.08. The third kappa shape index (κ3) is 3.58. The van der Waals surface area contributed by atoms with Gasteiger partial charge in [-0.3, -0.25) is 19.2 Å². The highest BCUT2D eigenvalue weighted by atomic mass is 16.4. The Morgan fingerprint density at radius 2 is 1.17 bits per heavy atom. The molecule has 0 bridgehead atoms. The molecule has 0 saturated carbocycles. The summed E-state index contributed by atoms with van der Waals surface area (Å²) >= 11 is 0. The first-order chi connectivity index (χ1) is 11.0. The number of hydrogen-bond donors (Lipinski definition) is 6. The summed E-state index contributed by atoms with van der Waals surface area (Å²) in [6.07, 6.45) is -3.13. The Morgan fingerprint density at radius 1 is 0.792 bits per heavy atom. The van der Waals surface area contributed by atoms with Crippen molar-refractivity contribution in [2.45, 2.75) is 38.5 Å². The highest BCUT2D eigenvalue weighted by Crippen LogP contribution is 2.59. The number of nitrogens with two attached hydrogens (primary N) is 2. The molecule has 10 nitrogen and oxygen atoms in total. The molecule has 0 saturated heterocycles. The van der Waals surface area contributed by atoms with Gasteiger partial charge in [0, 0.05) is 22.2 Å². The monoisotopic (exact) mass is 344 g/mol. The number of carboxylic acids is 4. The van der Waals surface area contributed by atoms with E-state index >= 15 is 0 Å². The lowest BCUT2D eigenvalue weighted by Gasteiger charge is -2.52. The third-order valence-corrected chi connectivity index (χ3v) is 4.63. The van der Waals surface area contributed by atoms with E-state index < -0.39 is 60.4 Å². The van der Waals surface area contributed by atoms with Gasteiger partial charge in [-0.25, -0.2) is 0 Å². The molecule has 0 amide bonds. The van der Waals surface area contributed by atoms with E-state index in [1.807, 2.05) is 0 Å². The molecule has 0 aromatic rings. The van der Waals surface area contributed by atoms with Crippen LogP contribution in [0.1, 0.15) is 38.5 Å². The standard InChI is InChI=1S/C14H20N2O8/c15-7-1-2-13(3-8(17)18,4-9(19)20)14(12(7)16,5-10(21)22)6-11(23)24/h1-6,15-16H2,(H,17,18)(H,19,20)(H,21,22)(H,23,24). The van der Waals surface area contributed by atoms with Crippen molar-refractivity contribution in [3.05, 3.63) is 11.4 Å². The van der Waals surface area contributed by atoms with Crippen LogP contribution in [0.2, 0.25) is 0 Å². The van der Waals surface area contributed by atoms with Gasteiger partial charge in [0.05, 0.1) is 25.7 Å². The second kappa shape index (κ2) is 6.77. The average molecular weight is 344 g/mol. The normalized spacial score (nSPS) is 18.8. The van der Waals surface area contributed by atoms with Crippen LogP contribution in [-0.4, -0.2) is 44.3 Å². The molecule has 134 valence electrons. The van der Waals surface area contributed by atoms with Gasteiger partial charge >= 0.3 is 23.9 Å². The van der Waals surface area contributed by atoms with Gasteiger partial charge in [-0.15, -0.1) is 0 Å². The van der Waals surface area contributed by atoms with Crippen molar-refractivity contribution >= 4 is 23.9 Å². The SMILES string of the molecule is NC1=C(N)C(CC(=O)O)(CC(=O)O)C(CC(=O)O)(CC(=O)O)CC1. The van der Waals surface area contributed by atoms with Gasteiger partial charge in [0.2, 0.25) is 0 Å². The molecule has 1 aliphatic carbocycles. The average Bonchev–Trinajstić information content (AvgIpc) is 2.38. The molecule has 0 aromatic heterocycles. The summed E-state index contributed by atoms with van der Waals surface area (Å²) in [6.45, 7) is 0. The molecular weight excluding hydrogens is 324 g/mol. The Bertz CT molecular complexity index is 578. The highest BCUT2D eigenvalue weighted by molar-refractivity contribution is 5.77. The first kappa shape index (κ1) is 19.3. The number of aliphatic carboxylic acids is 4. The lowest BCUT2D eigenvalue weighted by molar-refractivity contribution is -0.160. The van der Waals surface area contributed by atoms with Gasteiger partial charge in [-0.05, 0) is 12.8 Å². The van der Waals surface area contributed by atoms with Crippen LogP contribution in [0.4, 0.5) is 0 Å². The molecule has 0 heterocycles. The Morgan fingerprint density at radius 3 is 1.50 bits per heavy atom. The van der Waals surface area contributed by atoms with E-state index in [2.05, 4.69) is 0 Å². The number of carboxylic acid groups (broad SMARTS) is 4. The summed E-state index contributed by atoms with van der Waals surface area (Å²) in [4.78, 5) is 45.4.